The van der Waals surface area contributed by atoms with Crippen molar-refractivity contribution in [2.45, 2.75) is 211 Å². The highest BCUT2D eigenvalue weighted by Gasteiger charge is 2.28. The van der Waals surface area contributed by atoms with Crippen LogP contribution < -0.4 is 24.3 Å². The lowest BCUT2D eigenvalue weighted by atomic mass is 9.83. The molecule has 2 amide bonds. The van der Waals surface area contributed by atoms with E-state index in [0.717, 1.165) is 92.4 Å². The van der Waals surface area contributed by atoms with E-state index in [0.29, 0.717) is 54.1 Å². The average molecular weight is 1130 g/mol. The van der Waals surface area contributed by atoms with Crippen LogP contribution in [0.1, 0.15) is 227 Å². The number of rotatable bonds is 9. The van der Waals surface area contributed by atoms with Crippen molar-refractivity contribution in [3.8, 4) is 23.0 Å². The molecule has 456 valence electrons. The number of fused-ring (bicyclic) bond motifs is 3. The van der Waals surface area contributed by atoms with Crippen LogP contribution in [0.2, 0.25) is 0 Å². The minimum Gasteiger partial charge on any atom is -0.490 e. The van der Waals surface area contributed by atoms with Crippen molar-refractivity contribution in [3.05, 3.63) is 71.3 Å². The zero-order valence-electron chi connectivity index (χ0n) is 47.7. The molecule has 2 fully saturated rings. The normalized spacial score (nSPS) is 16.6. The first-order valence-electron chi connectivity index (χ1n) is 27.3. The van der Waals surface area contributed by atoms with E-state index in [2.05, 4.69) is 135 Å². The molecule has 4 aliphatic heterocycles. The van der Waals surface area contributed by atoms with Crippen LogP contribution in [0.5, 0.6) is 23.0 Å². The lowest BCUT2D eigenvalue weighted by molar-refractivity contribution is -0.149. The second-order valence-corrected chi connectivity index (χ2v) is 22.3. The Morgan fingerprint density at radius 1 is 0.658 bits per heavy atom. The number of hydrogen-bond donors (Lipinski definition) is 1. The number of amides is 2. The van der Waals surface area contributed by atoms with Gasteiger partial charge in [0.25, 0.3) is 0 Å². The van der Waals surface area contributed by atoms with Gasteiger partial charge in [-0.05, 0) is 114 Å². The summed E-state index contributed by atoms with van der Waals surface area (Å²) in [6, 6.07) is 18.5. The molecule has 4 aromatic rings. The number of nitrogens with zero attached hydrogens (tertiary/aromatic N) is 3. The van der Waals surface area contributed by atoms with Gasteiger partial charge in [-0.25, -0.2) is 0 Å². The van der Waals surface area contributed by atoms with E-state index in [-0.39, 0.29) is 74.2 Å². The lowest BCUT2D eigenvalue weighted by Crippen LogP contribution is -2.33. The molecule has 0 spiro atoms. The number of methoxy groups -OCH3 is 1. The summed E-state index contributed by atoms with van der Waals surface area (Å²) >= 11 is 1.28. The Kier molecular flexibility index (Phi) is 42.8. The van der Waals surface area contributed by atoms with Crippen molar-refractivity contribution < 1.29 is 38.1 Å². The molecule has 79 heavy (non-hydrogen) atoms. The van der Waals surface area contributed by atoms with Gasteiger partial charge in [0, 0.05) is 38.4 Å². The standard InChI is InChI=1S/C12H16O2.C10H19NO.C10H12O2.C10H20O2.C9H10N2S.C9H17NO.6CH4/c1-9(2)10-4-5-11-12(8-10)14-7-3-6-13-11;1-8(2)9-6-4-5-7-11(3)10(9)12;1-7(2)8-3-4-9-10(5-8)12-6-11-9;1-6-8(4)9(7(2)3)10(11)12-5;1-6(2)7-4-3-5-8-9(7)11-12-10-8;1-7(2)8-5-3-4-6-10-9(8)11;;;;;;/h4-5,8-9H,3,6-7H2,1-2H3;8-9H,4-7H2,1-3H3;3-5,7H,6H2,1-2H3;7-9H,6H2,1-5H3;3-6H,1-2H3;7-8H,3-6H2,1-2H3,(H,10,11);6*1H4/t;9-;;8-,9-;;8-;;;;;;/m.1.0.1....../s1. The molecular weight excluding hydrogens is 1010 g/mol. The number of aromatic nitrogens is 2. The van der Waals surface area contributed by atoms with Crippen LogP contribution in [0, 0.1) is 41.4 Å². The quantitative estimate of drug-likeness (QED) is 0.161. The highest BCUT2D eigenvalue weighted by Crippen LogP contribution is 2.35. The van der Waals surface area contributed by atoms with Crippen molar-refractivity contribution >= 4 is 40.5 Å². The van der Waals surface area contributed by atoms with Crippen LogP contribution in [0.3, 0.4) is 0 Å². The van der Waals surface area contributed by atoms with Gasteiger partial charge < -0.3 is 33.9 Å². The van der Waals surface area contributed by atoms with E-state index in [1.54, 1.807) is 0 Å². The van der Waals surface area contributed by atoms with Crippen molar-refractivity contribution in [1.29, 1.82) is 0 Å². The minimum atomic E-state index is -0.0700. The molecule has 13 heteroatoms. The summed E-state index contributed by atoms with van der Waals surface area (Å²) in [6.07, 6.45) is 8.87. The molecule has 0 bridgehead atoms. The highest BCUT2D eigenvalue weighted by molar-refractivity contribution is 7.00. The molecule has 0 saturated carbocycles. The van der Waals surface area contributed by atoms with Gasteiger partial charge in [0.1, 0.15) is 11.0 Å². The summed E-state index contributed by atoms with van der Waals surface area (Å²) in [4.78, 5) is 36.3. The van der Waals surface area contributed by atoms with Gasteiger partial charge in [-0.15, -0.1) is 0 Å². The van der Waals surface area contributed by atoms with Crippen LogP contribution in [-0.2, 0) is 19.1 Å². The van der Waals surface area contributed by atoms with E-state index in [9.17, 15) is 14.4 Å². The van der Waals surface area contributed by atoms with Crippen molar-refractivity contribution in [2.75, 3.05) is 47.3 Å². The maximum absolute atomic E-state index is 11.7. The Morgan fingerprint density at radius 2 is 1.18 bits per heavy atom. The maximum Gasteiger partial charge on any atom is 0.309 e. The summed E-state index contributed by atoms with van der Waals surface area (Å²) in [5, 5.41) is 2.94. The zero-order chi connectivity index (χ0) is 54.2. The SMILES string of the molecule is C.C.C.C.C.C.CC(C)[C@H]1CCCCN(C)C1=O.CC(C)[C@H]1CCCCNC1=O.CC(C)c1ccc2c(c1)OCCCO2.CC(C)c1ccc2c(c1)OCO2.CC(C)c1cccc2nsnc12.CC[C@H](C)[C@@H](C(=O)OC)C(C)C. The second-order valence-electron chi connectivity index (χ2n) is 21.7. The van der Waals surface area contributed by atoms with Crippen LogP contribution in [-0.4, -0.2) is 78.7 Å². The molecule has 8 rings (SSSR count). The first kappa shape index (κ1) is 80.6. The molecule has 1 aromatic heterocycles. The fourth-order valence-electron chi connectivity index (χ4n) is 9.10. The number of esters is 1. The minimum absolute atomic E-state index is 0. The molecule has 3 aromatic carbocycles. The highest BCUT2D eigenvalue weighted by atomic mass is 32.1. The monoisotopic (exact) mass is 1130 g/mol. The van der Waals surface area contributed by atoms with Gasteiger partial charge in [0.2, 0.25) is 18.6 Å². The number of nitrogens with one attached hydrogen (secondary N) is 1. The Morgan fingerprint density at radius 3 is 1.70 bits per heavy atom. The van der Waals surface area contributed by atoms with Crippen LogP contribution in [0.4, 0.5) is 0 Å². The summed E-state index contributed by atoms with van der Waals surface area (Å²) in [6.45, 7) is 33.6. The largest absolute Gasteiger partial charge is 0.490 e. The number of carbonyl (C=O) groups is 3. The fourth-order valence-corrected chi connectivity index (χ4v) is 9.66. The van der Waals surface area contributed by atoms with Gasteiger partial charge in [0.15, 0.2) is 23.0 Å². The molecule has 0 aliphatic carbocycles. The van der Waals surface area contributed by atoms with Gasteiger partial charge in [-0.2, -0.15) is 8.75 Å². The maximum atomic E-state index is 11.7. The van der Waals surface area contributed by atoms with E-state index >= 15 is 0 Å². The Hall–Kier alpha value is -4.91. The molecule has 2 saturated heterocycles. The molecule has 1 N–H and O–H groups in total. The van der Waals surface area contributed by atoms with Crippen molar-refractivity contribution in [1.82, 2.24) is 19.0 Å². The fraction of sp³-hybridized carbons (Fsp3) is 0.682. The second kappa shape index (κ2) is 42.0. The number of carbonyl (C=O) groups excluding carboxylic acids is 3. The average Bonchev–Trinajstić information content (AvgIpc) is 3.86. The molecule has 4 aliphatic rings. The summed E-state index contributed by atoms with van der Waals surface area (Å²) < 4.78 is 34.9. The Labute approximate surface area is 489 Å². The van der Waals surface area contributed by atoms with Gasteiger partial charge in [-0.3, -0.25) is 14.4 Å². The summed E-state index contributed by atoms with van der Waals surface area (Å²) in [7, 11) is 3.38. The number of benzene rings is 3. The number of ether oxygens (including phenoxy) is 5. The molecule has 0 unspecified atom stereocenters. The van der Waals surface area contributed by atoms with Crippen molar-refractivity contribution in [2.24, 2.45) is 41.4 Å². The zero-order valence-corrected chi connectivity index (χ0v) is 48.5. The molecule has 12 nitrogen and oxygen atoms in total. The number of hydrogen-bond acceptors (Lipinski definition) is 11. The smallest absolute Gasteiger partial charge is 0.309 e. The molecule has 4 atom stereocenters. The predicted octanol–water partition coefficient (Wildman–Crippen LogP) is 18.1. The summed E-state index contributed by atoms with van der Waals surface area (Å²) in [5.41, 5.74) is 5.97. The first-order chi connectivity index (χ1) is 34.7. The topological polar surface area (TPSA) is 138 Å². The van der Waals surface area contributed by atoms with Gasteiger partial charge >= 0.3 is 5.97 Å². The molecule has 5 heterocycles. The lowest BCUT2D eigenvalue weighted by Gasteiger charge is -2.23. The third-order valence-corrected chi connectivity index (χ3v) is 14.6. The van der Waals surface area contributed by atoms with Crippen LogP contribution in [0.15, 0.2) is 54.6 Å². The van der Waals surface area contributed by atoms with Crippen LogP contribution in [0.25, 0.3) is 11.0 Å². The van der Waals surface area contributed by atoms with E-state index < -0.39 is 0 Å². The van der Waals surface area contributed by atoms with E-state index in [4.69, 9.17) is 23.7 Å². The van der Waals surface area contributed by atoms with Gasteiger partial charge in [-0.1, -0.05) is 185 Å². The van der Waals surface area contributed by atoms with Crippen LogP contribution >= 0.6 is 11.7 Å². The molecular formula is C66H118N4O8S. The third kappa shape index (κ3) is 26.5. The summed E-state index contributed by atoms with van der Waals surface area (Å²) in [5.74, 6) is 8.02. The molecule has 0 radical (unpaired) electrons. The number of likely N-dealkylation sites (tertiary alicyclic amines) is 1. The Balaban J connectivity index is -0.000000421. The van der Waals surface area contributed by atoms with E-state index in [1.807, 2.05) is 42.3 Å². The third-order valence-electron chi connectivity index (χ3n) is 14.0. The van der Waals surface area contributed by atoms with Gasteiger partial charge in [0.05, 0.1) is 38.0 Å². The predicted molar refractivity (Wildman–Crippen MR) is 339 cm³/mol. The van der Waals surface area contributed by atoms with Crippen molar-refractivity contribution in [3.63, 3.8) is 0 Å². The van der Waals surface area contributed by atoms with E-state index in [1.165, 1.54) is 54.8 Å². The Bertz CT molecular complexity index is 2240. The first-order valence-corrected chi connectivity index (χ1v) is 28.1.